The van der Waals surface area contributed by atoms with E-state index in [1.807, 2.05) is 0 Å². The second-order valence-electron chi connectivity index (χ2n) is 7.40. The summed E-state index contributed by atoms with van der Waals surface area (Å²) in [7, 11) is 0. The molecule has 34 heavy (non-hydrogen) atoms. The van der Waals surface area contributed by atoms with Gasteiger partial charge in [0, 0.05) is 16.8 Å². The molecule has 4 N–H and O–H groups in total. The van der Waals surface area contributed by atoms with Crippen LogP contribution in [0.25, 0.3) is 0 Å². The van der Waals surface area contributed by atoms with E-state index in [-0.39, 0.29) is 30.0 Å². The largest absolute Gasteiger partial charge is 0.488 e. The second-order valence-corrected chi connectivity index (χ2v) is 7.83. The molecule has 11 nitrogen and oxygen atoms in total. The lowest BCUT2D eigenvalue weighted by Crippen LogP contribution is -2.43. The van der Waals surface area contributed by atoms with E-state index in [1.165, 1.54) is 22.8 Å². The molecule has 1 aromatic heterocycles. The summed E-state index contributed by atoms with van der Waals surface area (Å²) in [6.07, 6.45) is -0.218. The quantitative estimate of drug-likeness (QED) is 0.145. The predicted molar refractivity (Wildman–Crippen MR) is 126 cm³/mol. The van der Waals surface area contributed by atoms with Gasteiger partial charge in [0.2, 0.25) is 5.95 Å². The normalized spacial score (nSPS) is 11.2. The molecule has 0 spiro atoms. The molecular weight excluding hydrogens is 467 g/mol. The Hall–Kier alpha value is -4.06. The molecule has 0 aliphatic carbocycles. The SMILES string of the molecule is CC(C)Oc1ccc(Nc2nc(=O)n(CC(=N)N=NN)c(=O)n2Cc2ccc(Cl)cc2)cc1F. The summed E-state index contributed by atoms with van der Waals surface area (Å²) >= 11 is 5.94. The molecule has 0 fully saturated rings. The van der Waals surface area contributed by atoms with Crippen molar-refractivity contribution >= 4 is 29.1 Å². The first-order chi connectivity index (χ1) is 16.2. The number of nitrogens with one attached hydrogen (secondary N) is 2. The highest BCUT2D eigenvalue weighted by Gasteiger charge is 2.16. The third kappa shape index (κ3) is 6.04. The number of ether oxygens (including phenoxy) is 1. The van der Waals surface area contributed by atoms with Crippen LogP contribution >= 0.6 is 11.6 Å². The summed E-state index contributed by atoms with van der Waals surface area (Å²) in [5.41, 5.74) is -0.774. The van der Waals surface area contributed by atoms with Crippen LogP contribution in [0, 0.1) is 11.2 Å². The monoisotopic (exact) mass is 488 g/mol. The first kappa shape index (κ1) is 24.6. The van der Waals surface area contributed by atoms with Crippen molar-refractivity contribution in [1.29, 1.82) is 5.41 Å². The third-order valence-corrected chi connectivity index (χ3v) is 4.69. The number of nitrogens with zero attached hydrogens (tertiary/aromatic N) is 5. The Balaban J connectivity index is 2.05. The minimum atomic E-state index is -0.933. The molecule has 0 saturated heterocycles. The number of nitrogens with two attached hydrogens (primary N) is 1. The Bertz CT molecular complexity index is 1340. The third-order valence-electron chi connectivity index (χ3n) is 4.44. The number of rotatable bonds is 8. The Labute approximate surface area is 198 Å². The summed E-state index contributed by atoms with van der Waals surface area (Å²) in [6, 6.07) is 10.8. The van der Waals surface area contributed by atoms with Gasteiger partial charge in [-0.1, -0.05) is 29.0 Å². The highest BCUT2D eigenvalue weighted by Crippen LogP contribution is 2.24. The smallest absolute Gasteiger partial charge is 0.355 e. The molecular formula is C21H22ClFN8O3. The van der Waals surface area contributed by atoms with Gasteiger partial charge >= 0.3 is 11.4 Å². The molecule has 0 aliphatic heterocycles. The zero-order chi connectivity index (χ0) is 24.8. The van der Waals surface area contributed by atoms with Crippen molar-refractivity contribution in [1.82, 2.24) is 14.1 Å². The van der Waals surface area contributed by atoms with E-state index >= 15 is 0 Å². The Morgan fingerprint density at radius 3 is 2.56 bits per heavy atom. The van der Waals surface area contributed by atoms with Gasteiger partial charge in [-0.25, -0.2) is 18.5 Å². The van der Waals surface area contributed by atoms with Crippen molar-refractivity contribution in [2.45, 2.75) is 33.0 Å². The Morgan fingerprint density at radius 2 is 1.94 bits per heavy atom. The van der Waals surface area contributed by atoms with Crippen molar-refractivity contribution in [2.24, 2.45) is 16.2 Å². The summed E-state index contributed by atoms with van der Waals surface area (Å²) < 4.78 is 21.7. The standard InChI is InChI=1S/C21H22ClFN8O3/c1-12(2)34-17-8-7-15(9-16(17)23)26-19-27-20(32)31(11-18(24)28-29-25)21(33)30(19)10-13-3-5-14(22)6-4-13/h3-9,12H,10-11H2,1-2H3,(H3,24,25,28)(H,26,27,32). The summed E-state index contributed by atoms with van der Waals surface area (Å²) in [5, 5.41) is 17.3. The predicted octanol–water partition coefficient (Wildman–Crippen LogP) is 3.08. The first-order valence-electron chi connectivity index (χ1n) is 10.1. The van der Waals surface area contributed by atoms with Gasteiger partial charge < -0.3 is 15.9 Å². The van der Waals surface area contributed by atoms with E-state index in [0.717, 1.165) is 4.57 Å². The number of aromatic nitrogens is 3. The lowest BCUT2D eigenvalue weighted by atomic mass is 10.2. The molecule has 3 aromatic rings. The van der Waals surface area contributed by atoms with E-state index in [1.54, 1.807) is 38.1 Å². The number of hydrogen-bond donors (Lipinski definition) is 3. The molecule has 3 rings (SSSR count). The molecule has 178 valence electrons. The van der Waals surface area contributed by atoms with Gasteiger partial charge in [-0.3, -0.25) is 9.98 Å². The van der Waals surface area contributed by atoms with E-state index in [2.05, 4.69) is 20.6 Å². The second kappa shape index (κ2) is 10.7. The van der Waals surface area contributed by atoms with E-state index < -0.39 is 29.6 Å². The van der Waals surface area contributed by atoms with Crippen LogP contribution in [0.15, 0.2) is 62.4 Å². The Morgan fingerprint density at radius 1 is 1.24 bits per heavy atom. The van der Waals surface area contributed by atoms with Crippen molar-refractivity contribution in [3.8, 4) is 5.75 Å². The minimum absolute atomic E-state index is 0.00832. The lowest BCUT2D eigenvalue weighted by Gasteiger charge is -2.16. The molecule has 0 atom stereocenters. The number of anilines is 2. The molecule has 0 aliphatic rings. The van der Waals surface area contributed by atoms with Gasteiger partial charge in [-0.2, -0.15) is 4.98 Å². The molecule has 0 amide bonds. The van der Waals surface area contributed by atoms with Gasteiger partial charge in [0.05, 0.1) is 19.2 Å². The molecule has 2 aromatic carbocycles. The van der Waals surface area contributed by atoms with Crippen molar-refractivity contribution < 1.29 is 9.13 Å². The van der Waals surface area contributed by atoms with Gasteiger partial charge in [0.15, 0.2) is 17.4 Å². The molecule has 0 saturated carbocycles. The van der Waals surface area contributed by atoms with Crippen LogP contribution < -0.4 is 27.3 Å². The molecule has 13 heteroatoms. The van der Waals surface area contributed by atoms with E-state index in [9.17, 15) is 14.0 Å². The topological polar surface area (TPSA) is 153 Å². The van der Waals surface area contributed by atoms with Crippen molar-refractivity contribution in [3.05, 3.63) is 79.8 Å². The fourth-order valence-corrected chi connectivity index (χ4v) is 3.11. The van der Waals surface area contributed by atoms with Crippen molar-refractivity contribution in [2.75, 3.05) is 5.32 Å². The maximum atomic E-state index is 14.5. The van der Waals surface area contributed by atoms with Crippen LogP contribution in [-0.2, 0) is 13.1 Å². The van der Waals surface area contributed by atoms with Crippen LogP contribution in [0.1, 0.15) is 19.4 Å². The van der Waals surface area contributed by atoms with E-state index in [0.29, 0.717) is 10.6 Å². The lowest BCUT2D eigenvalue weighted by molar-refractivity contribution is 0.231. The summed E-state index contributed by atoms with van der Waals surface area (Å²) in [6.45, 7) is 3.07. The number of amidine groups is 1. The Kier molecular flexibility index (Phi) is 7.74. The van der Waals surface area contributed by atoms with Crippen LogP contribution in [0.5, 0.6) is 5.75 Å². The van der Waals surface area contributed by atoms with Gasteiger partial charge in [-0.15, -0.1) is 5.11 Å². The average molecular weight is 489 g/mol. The van der Waals surface area contributed by atoms with Gasteiger partial charge in [0.25, 0.3) is 0 Å². The van der Waals surface area contributed by atoms with Crippen LogP contribution in [0.2, 0.25) is 5.02 Å². The van der Waals surface area contributed by atoms with Crippen molar-refractivity contribution in [3.63, 3.8) is 0 Å². The van der Waals surface area contributed by atoms with Crippen LogP contribution in [0.4, 0.5) is 16.0 Å². The van der Waals surface area contributed by atoms with Crippen LogP contribution in [-0.4, -0.2) is 26.1 Å². The highest BCUT2D eigenvalue weighted by molar-refractivity contribution is 6.30. The van der Waals surface area contributed by atoms with Gasteiger partial charge in [0.1, 0.15) is 0 Å². The maximum absolute atomic E-state index is 14.5. The zero-order valence-corrected chi connectivity index (χ0v) is 19.1. The fraction of sp³-hybridized carbons (Fsp3) is 0.238. The maximum Gasteiger partial charge on any atom is 0.355 e. The number of benzene rings is 2. The zero-order valence-electron chi connectivity index (χ0n) is 18.3. The van der Waals surface area contributed by atoms with E-state index in [4.69, 9.17) is 27.6 Å². The summed E-state index contributed by atoms with van der Waals surface area (Å²) in [4.78, 5) is 29.7. The average Bonchev–Trinajstić information content (AvgIpc) is 2.77. The number of hydrogen-bond acceptors (Lipinski definition) is 7. The number of halogens is 2. The highest BCUT2D eigenvalue weighted by atomic mass is 35.5. The van der Waals surface area contributed by atoms with Gasteiger partial charge in [-0.05, 0) is 43.7 Å². The minimum Gasteiger partial charge on any atom is -0.488 e. The fourth-order valence-electron chi connectivity index (χ4n) is 2.98. The summed E-state index contributed by atoms with van der Waals surface area (Å²) in [5.74, 6) is 3.84. The first-order valence-corrected chi connectivity index (χ1v) is 10.4. The molecule has 1 heterocycles. The molecule has 0 unspecified atom stereocenters. The molecule has 0 bridgehead atoms. The van der Waals surface area contributed by atoms with Crippen LogP contribution in [0.3, 0.4) is 0 Å². The molecule has 0 radical (unpaired) electrons.